The third-order valence-electron chi connectivity index (χ3n) is 6.02. The second-order valence-electron chi connectivity index (χ2n) is 8.54. The standard InChI is InChI=1S/C26H26N6O3/c1-18(33)35-32-17-23(19-6-4-3-5-7-19)24-22(25(32)34)16-27-26(29-24)28-20-8-10-21(11-9-20)31-14-12-30(2)13-15-31/h3-11,16-17H,12-15H2,1-2H3,(H,27,28,29). The first-order valence-electron chi connectivity index (χ1n) is 11.5. The van der Waals surface area contributed by atoms with E-state index in [0.717, 1.165) is 42.2 Å². The first kappa shape index (κ1) is 22.5. The van der Waals surface area contributed by atoms with Crippen LogP contribution < -0.4 is 20.6 Å². The molecule has 0 bridgehead atoms. The van der Waals surface area contributed by atoms with E-state index in [0.29, 0.717) is 17.0 Å². The van der Waals surface area contributed by atoms with Gasteiger partial charge in [0.05, 0.1) is 17.1 Å². The van der Waals surface area contributed by atoms with Crippen molar-refractivity contribution in [1.82, 2.24) is 19.6 Å². The van der Waals surface area contributed by atoms with Crippen molar-refractivity contribution in [2.45, 2.75) is 6.92 Å². The summed E-state index contributed by atoms with van der Waals surface area (Å²) >= 11 is 0. The van der Waals surface area contributed by atoms with Crippen LogP contribution in [0.15, 0.2) is 71.8 Å². The molecule has 0 spiro atoms. The summed E-state index contributed by atoms with van der Waals surface area (Å²) in [6.07, 6.45) is 2.95. The molecule has 2 aromatic heterocycles. The maximum Gasteiger partial charge on any atom is 0.330 e. The Hall–Kier alpha value is -4.24. The summed E-state index contributed by atoms with van der Waals surface area (Å²) in [7, 11) is 2.14. The van der Waals surface area contributed by atoms with Crippen LogP contribution in [0.3, 0.4) is 0 Å². The van der Waals surface area contributed by atoms with E-state index in [1.165, 1.54) is 25.0 Å². The molecule has 0 radical (unpaired) electrons. The fourth-order valence-corrected chi connectivity index (χ4v) is 4.14. The molecule has 2 aromatic carbocycles. The molecule has 1 fully saturated rings. The first-order valence-corrected chi connectivity index (χ1v) is 11.5. The Bertz CT molecular complexity index is 1410. The first-order chi connectivity index (χ1) is 17.0. The minimum Gasteiger partial charge on any atom is -0.369 e. The molecule has 0 unspecified atom stereocenters. The van der Waals surface area contributed by atoms with Gasteiger partial charge in [-0.2, -0.15) is 0 Å². The lowest BCUT2D eigenvalue weighted by Crippen LogP contribution is -2.44. The lowest BCUT2D eigenvalue weighted by Gasteiger charge is -2.34. The number of piperazine rings is 1. The molecule has 1 N–H and O–H groups in total. The van der Waals surface area contributed by atoms with E-state index in [4.69, 9.17) is 4.84 Å². The van der Waals surface area contributed by atoms with Crippen molar-refractivity contribution >= 4 is 34.2 Å². The average molecular weight is 471 g/mol. The summed E-state index contributed by atoms with van der Waals surface area (Å²) < 4.78 is 0.931. The van der Waals surface area contributed by atoms with Crippen molar-refractivity contribution in [2.24, 2.45) is 0 Å². The summed E-state index contributed by atoms with van der Waals surface area (Å²) in [5.41, 5.74) is 3.48. The molecule has 0 atom stereocenters. The normalized spacial score (nSPS) is 14.2. The van der Waals surface area contributed by atoms with Gasteiger partial charge in [-0.25, -0.2) is 14.8 Å². The molecule has 0 amide bonds. The number of aromatic nitrogens is 3. The number of benzene rings is 2. The number of pyridine rings is 1. The third kappa shape index (κ3) is 4.85. The van der Waals surface area contributed by atoms with E-state index in [-0.39, 0.29) is 5.39 Å². The fourth-order valence-electron chi connectivity index (χ4n) is 4.14. The van der Waals surface area contributed by atoms with E-state index in [9.17, 15) is 9.59 Å². The van der Waals surface area contributed by atoms with Gasteiger partial charge in [0.15, 0.2) is 0 Å². The molecular formula is C26H26N6O3. The van der Waals surface area contributed by atoms with Crippen LogP contribution in [0.5, 0.6) is 0 Å². The van der Waals surface area contributed by atoms with E-state index in [1.54, 1.807) is 0 Å². The number of anilines is 3. The minimum atomic E-state index is -0.593. The summed E-state index contributed by atoms with van der Waals surface area (Å²) in [4.78, 5) is 43.2. The Balaban J connectivity index is 1.48. The number of rotatable bonds is 5. The van der Waals surface area contributed by atoms with Gasteiger partial charge in [-0.15, -0.1) is 4.73 Å². The highest BCUT2D eigenvalue weighted by Crippen LogP contribution is 2.27. The summed E-state index contributed by atoms with van der Waals surface area (Å²) in [5.74, 6) is -0.226. The highest BCUT2D eigenvalue weighted by atomic mass is 16.7. The van der Waals surface area contributed by atoms with Gasteiger partial charge in [-0.1, -0.05) is 30.3 Å². The molecular weight excluding hydrogens is 444 g/mol. The lowest BCUT2D eigenvalue weighted by molar-refractivity contribution is -0.141. The molecule has 5 rings (SSSR count). The van der Waals surface area contributed by atoms with Crippen LogP contribution >= 0.6 is 0 Å². The molecule has 9 heteroatoms. The minimum absolute atomic E-state index is 0.253. The number of hydrogen-bond donors (Lipinski definition) is 1. The Morgan fingerprint density at radius 3 is 2.40 bits per heavy atom. The summed E-state index contributed by atoms with van der Waals surface area (Å²) in [6.45, 7) is 5.35. The van der Waals surface area contributed by atoms with Crippen LogP contribution in [0.2, 0.25) is 0 Å². The van der Waals surface area contributed by atoms with Crippen molar-refractivity contribution in [2.75, 3.05) is 43.4 Å². The Kier molecular flexibility index (Phi) is 6.15. The van der Waals surface area contributed by atoms with Crippen molar-refractivity contribution < 1.29 is 9.63 Å². The van der Waals surface area contributed by atoms with Crippen molar-refractivity contribution in [3.05, 3.63) is 77.3 Å². The molecule has 9 nitrogen and oxygen atoms in total. The summed E-state index contributed by atoms with van der Waals surface area (Å²) in [6, 6.07) is 17.7. The smallest absolute Gasteiger partial charge is 0.330 e. The number of nitrogens with zero attached hydrogens (tertiary/aromatic N) is 5. The zero-order valence-corrected chi connectivity index (χ0v) is 19.6. The van der Waals surface area contributed by atoms with Crippen LogP contribution in [0, 0.1) is 0 Å². The molecule has 0 aliphatic carbocycles. The van der Waals surface area contributed by atoms with E-state index in [1.807, 2.05) is 42.5 Å². The number of hydrogen-bond acceptors (Lipinski definition) is 8. The molecule has 178 valence electrons. The topological polar surface area (TPSA) is 92.6 Å². The number of fused-ring (bicyclic) bond motifs is 1. The molecule has 35 heavy (non-hydrogen) atoms. The number of likely N-dealkylation sites (N-methyl/N-ethyl adjacent to an activating group) is 1. The van der Waals surface area contributed by atoms with Crippen molar-refractivity contribution in [1.29, 1.82) is 0 Å². The maximum atomic E-state index is 12.9. The monoisotopic (exact) mass is 470 g/mol. The molecule has 1 saturated heterocycles. The zero-order chi connectivity index (χ0) is 24.4. The largest absolute Gasteiger partial charge is 0.369 e. The predicted octanol–water partition coefficient (Wildman–Crippen LogP) is 2.93. The Morgan fingerprint density at radius 1 is 1.00 bits per heavy atom. The van der Waals surface area contributed by atoms with Gasteiger partial charge in [0, 0.05) is 56.2 Å². The van der Waals surface area contributed by atoms with Crippen LogP contribution in [-0.2, 0) is 4.79 Å². The number of carbonyl (C=O) groups excluding carboxylic acids is 1. The quantitative estimate of drug-likeness (QED) is 0.476. The van der Waals surface area contributed by atoms with Crippen LogP contribution in [0.25, 0.3) is 22.0 Å². The predicted molar refractivity (Wildman–Crippen MR) is 136 cm³/mol. The van der Waals surface area contributed by atoms with Crippen molar-refractivity contribution in [3.8, 4) is 11.1 Å². The second-order valence-corrected chi connectivity index (χ2v) is 8.54. The third-order valence-corrected chi connectivity index (χ3v) is 6.02. The van der Waals surface area contributed by atoms with Gasteiger partial charge in [0.25, 0.3) is 5.56 Å². The van der Waals surface area contributed by atoms with Crippen molar-refractivity contribution in [3.63, 3.8) is 0 Å². The van der Waals surface area contributed by atoms with Gasteiger partial charge in [0.2, 0.25) is 5.95 Å². The molecule has 1 aliphatic rings. The maximum absolute atomic E-state index is 12.9. The summed E-state index contributed by atoms with van der Waals surface area (Å²) in [5, 5.41) is 3.49. The molecule has 0 saturated carbocycles. The van der Waals surface area contributed by atoms with Gasteiger partial charge in [-0.3, -0.25) is 4.79 Å². The van der Waals surface area contributed by atoms with Crippen LogP contribution in [0.4, 0.5) is 17.3 Å². The lowest BCUT2D eigenvalue weighted by atomic mass is 10.1. The molecule has 4 aromatic rings. The second kappa shape index (κ2) is 9.55. The highest BCUT2D eigenvalue weighted by Gasteiger charge is 2.16. The average Bonchev–Trinajstić information content (AvgIpc) is 2.87. The van der Waals surface area contributed by atoms with E-state index >= 15 is 0 Å². The molecule has 3 heterocycles. The zero-order valence-electron chi connectivity index (χ0n) is 19.6. The van der Waals surface area contributed by atoms with Crippen LogP contribution in [-0.4, -0.2) is 58.8 Å². The van der Waals surface area contributed by atoms with Gasteiger partial charge >= 0.3 is 5.97 Å². The van der Waals surface area contributed by atoms with Crippen LogP contribution in [0.1, 0.15) is 6.92 Å². The Labute approximate surface area is 202 Å². The number of carbonyl (C=O) groups is 1. The number of nitrogens with one attached hydrogen (secondary N) is 1. The Morgan fingerprint density at radius 2 is 1.71 bits per heavy atom. The fraction of sp³-hybridized carbons (Fsp3) is 0.231. The van der Waals surface area contributed by atoms with Gasteiger partial charge in [0.1, 0.15) is 0 Å². The molecule has 1 aliphatic heterocycles. The highest BCUT2D eigenvalue weighted by molar-refractivity contribution is 5.93. The van der Waals surface area contributed by atoms with E-state index in [2.05, 4.69) is 44.3 Å². The van der Waals surface area contributed by atoms with Gasteiger partial charge in [-0.05, 0) is 36.9 Å². The van der Waals surface area contributed by atoms with Gasteiger partial charge < -0.3 is 20.0 Å². The SMILES string of the molecule is CC(=O)On1cc(-c2ccccc2)c2nc(Nc3ccc(N4CCN(C)CC4)cc3)ncc2c1=O. The van der Waals surface area contributed by atoms with E-state index < -0.39 is 11.5 Å².